The molecule has 1 aliphatic heterocycles. The van der Waals surface area contributed by atoms with Gasteiger partial charge in [0.25, 0.3) is 0 Å². The van der Waals surface area contributed by atoms with Gasteiger partial charge in [0.05, 0.1) is 25.4 Å². The highest BCUT2D eigenvalue weighted by molar-refractivity contribution is 5.80. The van der Waals surface area contributed by atoms with Gasteiger partial charge in [0, 0.05) is 0 Å². The van der Waals surface area contributed by atoms with E-state index in [-0.39, 0.29) is 6.61 Å². The molecule has 0 aromatic heterocycles. The minimum Gasteiger partial charge on any atom is -0.394 e. The molecule has 354 valence electrons. The predicted octanol–water partition coefficient (Wildman–Crippen LogP) is 10.0. The quantitative estimate of drug-likeness (QED) is 0.0233. The Hall–Kier alpha value is -1.37. The molecule has 1 saturated heterocycles. The SMILES string of the molecule is CCCCCCC/C=C/CC/C=C/C(O)C(COC1OC(CO)C(O)C(O)C1O)NC(=O)C(O)CCCCCCCCCCCCCCCCCCCCCCCCCC. The maximum atomic E-state index is 13.0. The number of hydrogen-bond donors (Lipinski definition) is 7. The fourth-order valence-electron chi connectivity index (χ4n) is 8.00. The number of aliphatic hydroxyl groups excluding tert-OH is 6. The number of rotatable bonds is 42. The van der Waals surface area contributed by atoms with Crippen molar-refractivity contribution in [1.82, 2.24) is 5.32 Å². The molecule has 1 fully saturated rings. The van der Waals surface area contributed by atoms with Crippen LogP contribution in [-0.4, -0.2) is 98.7 Å². The van der Waals surface area contributed by atoms with Gasteiger partial charge < -0.3 is 45.4 Å². The number of amides is 1. The van der Waals surface area contributed by atoms with Crippen LogP contribution in [0.25, 0.3) is 0 Å². The first-order valence-electron chi connectivity index (χ1n) is 25.2. The van der Waals surface area contributed by atoms with E-state index < -0.39 is 61.5 Å². The smallest absolute Gasteiger partial charge is 0.249 e. The lowest BCUT2D eigenvalue weighted by Gasteiger charge is -2.40. The molecule has 1 rings (SSSR count). The summed E-state index contributed by atoms with van der Waals surface area (Å²) in [5.41, 5.74) is 0. The van der Waals surface area contributed by atoms with Crippen LogP contribution in [0.15, 0.2) is 24.3 Å². The van der Waals surface area contributed by atoms with Crippen molar-refractivity contribution >= 4 is 5.91 Å². The van der Waals surface area contributed by atoms with Crippen LogP contribution in [0.1, 0.15) is 226 Å². The maximum Gasteiger partial charge on any atom is 0.249 e. The second kappa shape index (κ2) is 40.4. The Balaban J connectivity index is 2.27. The third-order valence-electron chi connectivity index (χ3n) is 12.1. The predicted molar refractivity (Wildman–Crippen MR) is 246 cm³/mol. The highest BCUT2D eigenvalue weighted by atomic mass is 16.7. The van der Waals surface area contributed by atoms with E-state index in [1.807, 2.05) is 6.08 Å². The molecule has 0 aromatic rings. The molecular weight excluding hydrogens is 759 g/mol. The largest absolute Gasteiger partial charge is 0.394 e. The van der Waals surface area contributed by atoms with Gasteiger partial charge >= 0.3 is 0 Å². The summed E-state index contributed by atoms with van der Waals surface area (Å²) in [5, 5.41) is 64.6. The Morgan fingerprint density at radius 3 is 1.45 bits per heavy atom. The average Bonchev–Trinajstić information content (AvgIpc) is 3.25. The number of hydrogen-bond acceptors (Lipinski definition) is 9. The molecule has 0 aromatic carbocycles. The molecule has 0 spiro atoms. The van der Waals surface area contributed by atoms with Gasteiger partial charge in [-0.2, -0.15) is 0 Å². The van der Waals surface area contributed by atoms with Crippen molar-refractivity contribution in [1.29, 1.82) is 0 Å². The summed E-state index contributed by atoms with van der Waals surface area (Å²) in [6, 6.07) is -0.992. The molecule has 1 aliphatic rings. The van der Waals surface area contributed by atoms with E-state index in [2.05, 4.69) is 31.3 Å². The number of carbonyl (C=O) groups is 1. The zero-order chi connectivity index (χ0) is 43.9. The van der Waals surface area contributed by atoms with Crippen molar-refractivity contribution in [2.75, 3.05) is 13.2 Å². The van der Waals surface area contributed by atoms with Gasteiger partial charge in [0.1, 0.15) is 30.5 Å². The lowest BCUT2D eigenvalue weighted by molar-refractivity contribution is -0.302. The summed E-state index contributed by atoms with van der Waals surface area (Å²) in [5.74, 6) is -0.624. The van der Waals surface area contributed by atoms with Crippen molar-refractivity contribution in [2.45, 2.75) is 275 Å². The van der Waals surface area contributed by atoms with Crippen LogP contribution in [0.2, 0.25) is 0 Å². The van der Waals surface area contributed by atoms with Gasteiger partial charge in [0.15, 0.2) is 6.29 Å². The summed E-state index contributed by atoms with van der Waals surface area (Å²) < 4.78 is 11.1. The standard InChI is InChI=1S/C50H95NO9/c1-3-5-7-9-11-13-15-16-17-18-19-20-21-22-23-24-25-26-27-29-31-33-35-37-39-44(54)49(58)51-42(41-59-50-48(57)47(56)46(55)45(40-52)60-50)43(53)38-36-34-32-30-28-14-12-10-8-6-4-2/h28,30,36,38,42-48,50,52-57H,3-27,29,31-35,37,39-41H2,1-2H3,(H,51,58)/b30-28+,38-36+. The van der Waals surface area contributed by atoms with Crippen LogP contribution >= 0.6 is 0 Å². The van der Waals surface area contributed by atoms with Crippen molar-refractivity contribution in [2.24, 2.45) is 0 Å². The van der Waals surface area contributed by atoms with E-state index in [4.69, 9.17) is 9.47 Å². The first-order chi connectivity index (χ1) is 29.3. The molecule has 0 saturated carbocycles. The molecule has 0 aliphatic carbocycles. The van der Waals surface area contributed by atoms with Gasteiger partial charge in [-0.15, -0.1) is 0 Å². The number of aliphatic hydroxyl groups is 6. The average molecular weight is 854 g/mol. The fourth-order valence-corrected chi connectivity index (χ4v) is 8.00. The summed E-state index contributed by atoms with van der Waals surface area (Å²) in [4.78, 5) is 13.0. The summed E-state index contributed by atoms with van der Waals surface area (Å²) in [6.45, 7) is 3.58. The summed E-state index contributed by atoms with van der Waals surface area (Å²) in [7, 11) is 0. The van der Waals surface area contributed by atoms with Crippen LogP contribution in [0, 0.1) is 0 Å². The fraction of sp³-hybridized carbons (Fsp3) is 0.900. The van der Waals surface area contributed by atoms with Gasteiger partial charge in [-0.05, 0) is 32.1 Å². The van der Waals surface area contributed by atoms with Crippen LogP contribution in [0.5, 0.6) is 0 Å². The minimum absolute atomic E-state index is 0.308. The summed E-state index contributed by atoms with van der Waals surface area (Å²) >= 11 is 0. The molecule has 0 bridgehead atoms. The van der Waals surface area contributed by atoms with Crippen LogP contribution in [-0.2, 0) is 14.3 Å². The topological polar surface area (TPSA) is 169 Å². The Kier molecular flexibility index (Phi) is 38.1. The third-order valence-corrected chi connectivity index (χ3v) is 12.1. The second-order valence-corrected chi connectivity index (χ2v) is 17.8. The normalized spacial score (nSPS) is 21.2. The van der Waals surface area contributed by atoms with E-state index >= 15 is 0 Å². The monoisotopic (exact) mass is 854 g/mol. The molecule has 10 nitrogen and oxygen atoms in total. The molecule has 7 N–H and O–H groups in total. The second-order valence-electron chi connectivity index (χ2n) is 17.8. The molecular formula is C50H95NO9. The maximum absolute atomic E-state index is 13.0. The molecule has 8 unspecified atom stereocenters. The molecule has 10 heteroatoms. The van der Waals surface area contributed by atoms with Crippen molar-refractivity contribution in [3.63, 3.8) is 0 Å². The minimum atomic E-state index is -1.61. The highest BCUT2D eigenvalue weighted by Crippen LogP contribution is 2.23. The van der Waals surface area contributed by atoms with Gasteiger partial charge in [-0.3, -0.25) is 4.79 Å². The zero-order valence-corrected chi connectivity index (χ0v) is 38.6. The van der Waals surface area contributed by atoms with Crippen molar-refractivity contribution < 1.29 is 44.9 Å². The Morgan fingerprint density at radius 1 is 0.567 bits per heavy atom. The first kappa shape index (κ1) is 56.6. The van der Waals surface area contributed by atoms with Gasteiger partial charge in [-0.1, -0.05) is 218 Å². The van der Waals surface area contributed by atoms with Crippen LogP contribution in [0.3, 0.4) is 0 Å². The Morgan fingerprint density at radius 2 is 0.983 bits per heavy atom. The van der Waals surface area contributed by atoms with E-state index in [0.29, 0.717) is 19.3 Å². The number of nitrogens with one attached hydrogen (secondary N) is 1. The van der Waals surface area contributed by atoms with E-state index in [9.17, 15) is 35.4 Å². The molecule has 0 radical (unpaired) electrons. The summed E-state index contributed by atoms with van der Waals surface area (Å²) in [6.07, 6.45) is 38.6. The molecule has 1 amide bonds. The Bertz CT molecular complexity index is 1010. The molecule has 1 heterocycles. The first-order valence-corrected chi connectivity index (χ1v) is 25.2. The van der Waals surface area contributed by atoms with Crippen LogP contribution < -0.4 is 5.32 Å². The van der Waals surface area contributed by atoms with Gasteiger partial charge in [0.2, 0.25) is 5.91 Å². The third kappa shape index (κ3) is 29.8. The number of unbranched alkanes of at least 4 members (excludes halogenated alkanes) is 29. The van der Waals surface area contributed by atoms with Crippen molar-refractivity contribution in [3.8, 4) is 0 Å². The number of ether oxygens (including phenoxy) is 2. The molecule has 8 atom stereocenters. The van der Waals surface area contributed by atoms with Crippen molar-refractivity contribution in [3.05, 3.63) is 24.3 Å². The lowest BCUT2D eigenvalue weighted by atomic mass is 9.99. The van der Waals surface area contributed by atoms with E-state index in [1.165, 1.54) is 161 Å². The Labute approximate surface area is 367 Å². The number of carbonyl (C=O) groups excluding carboxylic acids is 1. The number of allylic oxidation sites excluding steroid dienone is 3. The highest BCUT2D eigenvalue weighted by Gasteiger charge is 2.44. The van der Waals surface area contributed by atoms with E-state index in [0.717, 1.165) is 32.1 Å². The van der Waals surface area contributed by atoms with Gasteiger partial charge in [-0.25, -0.2) is 0 Å². The van der Waals surface area contributed by atoms with E-state index in [1.54, 1.807) is 6.08 Å². The zero-order valence-electron chi connectivity index (χ0n) is 38.6. The molecule has 60 heavy (non-hydrogen) atoms. The lowest BCUT2D eigenvalue weighted by Crippen LogP contribution is -2.60. The van der Waals surface area contributed by atoms with Crippen LogP contribution in [0.4, 0.5) is 0 Å².